The van der Waals surface area contributed by atoms with Crippen LogP contribution in [0.4, 0.5) is 8.78 Å². The summed E-state index contributed by atoms with van der Waals surface area (Å²) in [6, 6.07) is 0. The molecule has 1 rings (SSSR count). The van der Waals surface area contributed by atoms with Gasteiger partial charge in [0.1, 0.15) is 6.61 Å². The minimum absolute atomic E-state index is 0.391. The molecular weight excluding hydrogens is 190 g/mol. The van der Waals surface area contributed by atoms with Gasteiger partial charge >= 0.3 is 0 Å². The molecule has 0 aliphatic carbocycles. The lowest BCUT2D eigenvalue weighted by atomic mass is 10.1. The standard InChI is InChI=1S/C9H18F2N2O/c10-9(11)7-14-4-3-13-2-1-8(5-12)6-13/h8-9H,1-7,12H2. The highest BCUT2D eigenvalue weighted by Crippen LogP contribution is 2.13. The van der Waals surface area contributed by atoms with E-state index in [1.807, 2.05) is 0 Å². The largest absolute Gasteiger partial charge is 0.374 e. The van der Waals surface area contributed by atoms with E-state index in [4.69, 9.17) is 10.5 Å². The van der Waals surface area contributed by atoms with E-state index in [2.05, 4.69) is 4.90 Å². The predicted octanol–water partition coefficient (Wildman–Crippen LogP) is 0.549. The number of likely N-dealkylation sites (tertiary alicyclic amines) is 1. The second-order valence-electron chi connectivity index (χ2n) is 3.66. The molecule has 0 radical (unpaired) electrons. The molecule has 0 saturated carbocycles. The van der Waals surface area contributed by atoms with E-state index in [9.17, 15) is 8.78 Å². The van der Waals surface area contributed by atoms with Crippen LogP contribution < -0.4 is 5.73 Å². The van der Waals surface area contributed by atoms with Crippen molar-refractivity contribution in [2.45, 2.75) is 12.8 Å². The van der Waals surface area contributed by atoms with Gasteiger partial charge in [-0.3, -0.25) is 0 Å². The molecule has 14 heavy (non-hydrogen) atoms. The van der Waals surface area contributed by atoms with Gasteiger partial charge in [0.15, 0.2) is 0 Å². The first kappa shape index (κ1) is 11.8. The van der Waals surface area contributed by atoms with Crippen molar-refractivity contribution in [1.29, 1.82) is 0 Å². The first-order valence-corrected chi connectivity index (χ1v) is 5.00. The van der Waals surface area contributed by atoms with Crippen LogP contribution in [0, 0.1) is 5.92 Å². The van der Waals surface area contributed by atoms with Gasteiger partial charge in [0.2, 0.25) is 0 Å². The quantitative estimate of drug-likeness (QED) is 0.648. The Labute approximate surface area is 83.2 Å². The molecule has 2 N–H and O–H groups in total. The van der Waals surface area contributed by atoms with Crippen LogP contribution >= 0.6 is 0 Å². The zero-order valence-electron chi connectivity index (χ0n) is 8.29. The lowest BCUT2D eigenvalue weighted by molar-refractivity contribution is 0.0113. The Hall–Kier alpha value is -0.260. The highest BCUT2D eigenvalue weighted by atomic mass is 19.3. The summed E-state index contributed by atoms with van der Waals surface area (Å²) in [6.45, 7) is 3.39. The van der Waals surface area contributed by atoms with E-state index >= 15 is 0 Å². The monoisotopic (exact) mass is 208 g/mol. The molecular formula is C9H18F2N2O. The molecule has 1 aliphatic rings. The third-order valence-electron chi connectivity index (χ3n) is 2.50. The Balaban J connectivity index is 1.97. The van der Waals surface area contributed by atoms with Gasteiger partial charge < -0.3 is 15.4 Å². The minimum atomic E-state index is -2.36. The van der Waals surface area contributed by atoms with E-state index in [0.29, 0.717) is 19.1 Å². The zero-order valence-corrected chi connectivity index (χ0v) is 8.29. The van der Waals surface area contributed by atoms with Gasteiger partial charge in [-0.1, -0.05) is 0 Å². The highest BCUT2D eigenvalue weighted by Gasteiger charge is 2.20. The van der Waals surface area contributed by atoms with Crippen LogP contribution in [0.2, 0.25) is 0 Å². The molecule has 3 nitrogen and oxygen atoms in total. The van der Waals surface area contributed by atoms with Gasteiger partial charge in [-0.05, 0) is 25.4 Å². The minimum Gasteiger partial charge on any atom is -0.374 e. The fraction of sp³-hybridized carbons (Fsp3) is 1.00. The third kappa shape index (κ3) is 4.30. The molecule has 0 spiro atoms. The number of hydrogen-bond acceptors (Lipinski definition) is 3. The average molecular weight is 208 g/mol. The van der Waals surface area contributed by atoms with Crippen molar-refractivity contribution in [2.24, 2.45) is 11.7 Å². The summed E-state index contributed by atoms with van der Waals surface area (Å²) in [4.78, 5) is 2.21. The molecule has 1 heterocycles. The molecule has 1 saturated heterocycles. The third-order valence-corrected chi connectivity index (χ3v) is 2.50. The SMILES string of the molecule is NCC1CCN(CCOCC(F)F)C1. The lowest BCUT2D eigenvalue weighted by Gasteiger charge is -2.15. The Morgan fingerprint density at radius 1 is 1.50 bits per heavy atom. The Morgan fingerprint density at radius 2 is 2.29 bits per heavy atom. The summed E-state index contributed by atoms with van der Waals surface area (Å²) in [5.41, 5.74) is 5.53. The van der Waals surface area contributed by atoms with Crippen molar-refractivity contribution in [2.75, 3.05) is 39.4 Å². The average Bonchev–Trinajstić information content (AvgIpc) is 2.60. The molecule has 1 fully saturated rings. The number of hydrogen-bond donors (Lipinski definition) is 1. The number of rotatable bonds is 6. The zero-order chi connectivity index (χ0) is 10.4. The fourth-order valence-electron chi connectivity index (χ4n) is 1.67. The molecule has 84 valence electrons. The molecule has 1 aliphatic heterocycles. The van der Waals surface area contributed by atoms with E-state index in [-0.39, 0.29) is 0 Å². The van der Waals surface area contributed by atoms with Crippen molar-refractivity contribution in [1.82, 2.24) is 4.90 Å². The van der Waals surface area contributed by atoms with Crippen LogP contribution in [0.15, 0.2) is 0 Å². The summed E-state index contributed by atoms with van der Waals surface area (Å²) >= 11 is 0. The summed E-state index contributed by atoms with van der Waals surface area (Å²) in [7, 11) is 0. The van der Waals surface area contributed by atoms with Crippen LogP contribution in [0.5, 0.6) is 0 Å². The molecule has 5 heteroatoms. The normalized spacial score (nSPS) is 23.6. The van der Waals surface area contributed by atoms with Crippen molar-refractivity contribution in [3.8, 4) is 0 Å². The molecule has 0 aromatic heterocycles. The molecule has 0 amide bonds. The predicted molar refractivity (Wildman–Crippen MR) is 50.4 cm³/mol. The molecule has 0 aromatic carbocycles. The maximum Gasteiger partial charge on any atom is 0.261 e. The molecule has 0 aromatic rings. The maximum atomic E-state index is 11.7. The second kappa shape index (κ2) is 6.27. The number of alkyl halides is 2. The second-order valence-corrected chi connectivity index (χ2v) is 3.66. The van der Waals surface area contributed by atoms with E-state index in [0.717, 1.165) is 26.1 Å². The van der Waals surface area contributed by atoms with Gasteiger partial charge in [0, 0.05) is 13.1 Å². The summed E-state index contributed by atoms with van der Waals surface area (Å²) in [6.07, 6.45) is -1.24. The van der Waals surface area contributed by atoms with Gasteiger partial charge in [0.25, 0.3) is 6.43 Å². The van der Waals surface area contributed by atoms with Crippen LogP contribution in [0.1, 0.15) is 6.42 Å². The topological polar surface area (TPSA) is 38.5 Å². The number of ether oxygens (including phenoxy) is 1. The summed E-state index contributed by atoms with van der Waals surface area (Å²) < 4.78 is 28.2. The number of nitrogens with two attached hydrogens (primary N) is 1. The smallest absolute Gasteiger partial charge is 0.261 e. The van der Waals surface area contributed by atoms with Crippen LogP contribution in [-0.2, 0) is 4.74 Å². The van der Waals surface area contributed by atoms with Crippen molar-refractivity contribution in [3.05, 3.63) is 0 Å². The van der Waals surface area contributed by atoms with E-state index < -0.39 is 13.0 Å². The van der Waals surface area contributed by atoms with Gasteiger partial charge in [-0.15, -0.1) is 0 Å². The Kier molecular flexibility index (Phi) is 5.29. The highest BCUT2D eigenvalue weighted by molar-refractivity contribution is 4.75. The molecule has 1 unspecified atom stereocenters. The van der Waals surface area contributed by atoms with Gasteiger partial charge in [-0.25, -0.2) is 8.78 Å². The van der Waals surface area contributed by atoms with Crippen LogP contribution in [0.25, 0.3) is 0 Å². The van der Waals surface area contributed by atoms with Gasteiger partial charge in [0.05, 0.1) is 6.61 Å². The summed E-state index contributed by atoms with van der Waals surface area (Å²) in [5.74, 6) is 0.574. The van der Waals surface area contributed by atoms with E-state index in [1.165, 1.54) is 0 Å². The first-order chi connectivity index (χ1) is 6.72. The van der Waals surface area contributed by atoms with Crippen LogP contribution in [0.3, 0.4) is 0 Å². The van der Waals surface area contributed by atoms with Crippen molar-refractivity contribution < 1.29 is 13.5 Å². The van der Waals surface area contributed by atoms with E-state index in [1.54, 1.807) is 0 Å². The molecule has 1 atom stereocenters. The molecule has 0 bridgehead atoms. The van der Waals surface area contributed by atoms with Crippen LogP contribution in [-0.4, -0.2) is 50.7 Å². The Bertz CT molecular complexity index is 158. The number of halogens is 2. The lowest BCUT2D eigenvalue weighted by Crippen LogP contribution is -2.27. The first-order valence-electron chi connectivity index (χ1n) is 5.00. The Morgan fingerprint density at radius 3 is 2.86 bits per heavy atom. The number of nitrogens with zero attached hydrogens (tertiary/aromatic N) is 1. The fourth-order valence-corrected chi connectivity index (χ4v) is 1.67. The maximum absolute atomic E-state index is 11.7. The van der Waals surface area contributed by atoms with Crippen molar-refractivity contribution >= 4 is 0 Å². The van der Waals surface area contributed by atoms with Gasteiger partial charge in [-0.2, -0.15) is 0 Å². The van der Waals surface area contributed by atoms with Crippen molar-refractivity contribution in [3.63, 3.8) is 0 Å². The summed E-state index contributed by atoms with van der Waals surface area (Å²) in [5, 5.41) is 0.